The van der Waals surface area contributed by atoms with Crippen molar-refractivity contribution in [3.8, 4) is 11.5 Å². The largest absolute Gasteiger partial charge is 0.755 e. The molecule has 1 aliphatic carbocycles. The standard InChI is InChI=1S/C34H35Cl2F2N3O9S/c1-34(2,3)50-32(43)18-41(51(45)46)27-16-39(26-7-5-4-6-22(26)27)17-31(42)48-29(13-23-24(35)14-40(44)15-25(23)36)21-10-11-28(49-33(37)38)30(12-21)47-19-20-8-9-20/h4-7,10-12,14-16,20,29,33H,8-9,13,17-19H2,1-3H3,(H,45,46)/p-1/t29-/m0/s1. The van der Waals surface area contributed by atoms with Gasteiger partial charge in [-0.3, -0.25) is 18.1 Å². The first-order valence-corrected chi connectivity index (χ1v) is 17.5. The number of alkyl halides is 2. The van der Waals surface area contributed by atoms with Crippen LogP contribution >= 0.6 is 23.2 Å². The molecule has 2 heterocycles. The number of carbonyl (C=O) groups is 2. The molecule has 12 nitrogen and oxygen atoms in total. The average Bonchev–Trinajstić information content (AvgIpc) is 3.80. The fourth-order valence-corrected chi connectivity index (χ4v) is 6.38. The summed E-state index contributed by atoms with van der Waals surface area (Å²) in [5.74, 6) is -1.48. The number of pyridine rings is 1. The second-order valence-corrected chi connectivity index (χ2v) is 14.5. The van der Waals surface area contributed by atoms with E-state index >= 15 is 0 Å². The summed E-state index contributed by atoms with van der Waals surface area (Å²) in [7, 11) is 0. The van der Waals surface area contributed by atoms with Gasteiger partial charge in [-0.05, 0) is 63.3 Å². The predicted molar refractivity (Wildman–Crippen MR) is 183 cm³/mol. The van der Waals surface area contributed by atoms with Gasteiger partial charge in [0.05, 0.1) is 17.8 Å². The smallest absolute Gasteiger partial charge is 0.387 e. The minimum atomic E-state index is -3.12. The minimum Gasteiger partial charge on any atom is -0.755 e. The number of esters is 2. The molecule has 274 valence electrons. The molecule has 2 aromatic carbocycles. The van der Waals surface area contributed by atoms with E-state index in [9.17, 15) is 32.3 Å². The average molecular weight is 770 g/mol. The van der Waals surface area contributed by atoms with Crippen LogP contribution in [-0.2, 0) is 43.3 Å². The molecule has 0 radical (unpaired) electrons. The summed E-state index contributed by atoms with van der Waals surface area (Å²) >= 11 is 9.84. The molecule has 0 saturated heterocycles. The molecule has 0 N–H and O–H groups in total. The van der Waals surface area contributed by atoms with Crippen molar-refractivity contribution in [3.63, 3.8) is 0 Å². The van der Waals surface area contributed by atoms with Crippen molar-refractivity contribution >= 4 is 63.0 Å². The highest BCUT2D eigenvalue weighted by Crippen LogP contribution is 2.38. The van der Waals surface area contributed by atoms with Crippen LogP contribution in [0, 0.1) is 11.1 Å². The van der Waals surface area contributed by atoms with Crippen LogP contribution < -0.4 is 18.5 Å². The summed E-state index contributed by atoms with van der Waals surface area (Å²) < 4.78 is 75.6. The van der Waals surface area contributed by atoms with Gasteiger partial charge >= 0.3 is 18.6 Å². The van der Waals surface area contributed by atoms with Gasteiger partial charge in [0.1, 0.15) is 34.8 Å². The normalized spacial score (nSPS) is 14.3. The lowest BCUT2D eigenvalue weighted by molar-refractivity contribution is -0.605. The van der Waals surface area contributed by atoms with E-state index in [4.69, 9.17) is 37.4 Å². The molecule has 0 aliphatic heterocycles. The fraction of sp³-hybridized carbons (Fsp3) is 0.382. The Morgan fingerprint density at radius 1 is 1.08 bits per heavy atom. The lowest BCUT2D eigenvalue weighted by atomic mass is 10.0. The van der Waals surface area contributed by atoms with Crippen molar-refractivity contribution in [1.82, 2.24) is 4.57 Å². The monoisotopic (exact) mass is 768 g/mol. The van der Waals surface area contributed by atoms with Gasteiger partial charge in [-0.15, -0.1) is 0 Å². The Balaban J connectivity index is 1.47. The number of para-hydroxylation sites is 1. The van der Waals surface area contributed by atoms with Gasteiger partial charge in [-0.25, -0.2) is 0 Å². The number of nitrogens with zero attached hydrogens (tertiary/aromatic N) is 3. The van der Waals surface area contributed by atoms with Gasteiger partial charge in [-0.2, -0.15) is 13.5 Å². The molecule has 0 bridgehead atoms. The number of rotatable bonds is 15. The molecule has 17 heteroatoms. The third-order valence-electron chi connectivity index (χ3n) is 7.66. The number of aromatic nitrogens is 2. The highest BCUT2D eigenvalue weighted by Gasteiger charge is 2.28. The Bertz CT molecular complexity index is 1910. The number of fused-ring (bicyclic) bond motifs is 1. The molecule has 1 fully saturated rings. The first-order chi connectivity index (χ1) is 24.1. The zero-order chi connectivity index (χ0) is 37.0. The minimum absolute atomic E-state index is 0.00172. The van der Waals surface area contributed by atoms with Gasteiger partial charge in [0.2, 0.25) is 0 Å². The van der Waals surface area contributed by atoms with Crippen molar-refractivity contribution in [2.45, 2.75) is 64.9 Å². The molecule has 1 aliphatic rings. The molecule has 1 saturated carbocycles. The second kappa shape index (κ2) is 16.0. The molecule has 51 heavy (non-hydrogen) atoms. The summed E-state index contributed by atoms with van der Waals surface area (Å²) in [5, 5.41) is 12.3. The molecule has 0 amide bonds. The first-order valence-electron chi connectivity index (χ1n) is 15.7. The first kappa shape index (κ1) is 38.1. The molecular formula is C34H34Cl2F2N3O9S-. The maximum absolute atomic E-state index is 13.7. The SMILES string of the molecule is CC(C)(C)OC(=O)CN(c1cn(CC(=O)O[C@@H](Cc2c(Cl)c[n+]([O-])cc2Cl)c2ccc(OC(F)F)c(OCC3CC3)c2)c2ccccc12)S(=O)[O-]. The number of halogens is 4. The highest BCUT2D eigenvalue weighted by atomic mass is 35.5. The third-order valence-corrected chi connectivity index (χ3v) is 8.99. The van der Waals surface area contributed by atoms with E-state index in [1.54, 1.807) is 45.0 Å². The Morgan fingerprint density at radius 2 is 1.76 bits per heavy atom. The number of carbonyl (C=O) groups excluding carboxylic acids is 2. The summed E-state index contributed by atoms with van der Waals surface area (Å²) in [5.41, 5.74) is 0.326. The molecule has 4 aromatic rings. The topological polar surface area (TPSA) is 146 Å². The lowest BCUT2D eigenvalue weighted by Crippen LogP contribution is -2.36. The summed E-state index contributed by atoms with van der Waals surface area (Å²) in [6.45, 7) is 1.08. The molecule has 5 rings (SSSR count). The molecule has 0 spiro atoms. The molecule has 2 atom stereocenters. The zero-order valence-electron chi connectivity index (χ0n) is 27.7. The number of hydrogen-bond acceptors (Lipinski definition) is 9. The van der Waals surface area contributed by atoms with E-state index in [0.717, 1.165) is 29.5 Å². The quantitative estimate of drug-likeness (QED) is 0.0577. The highest BCUT2D eigenvalue weighted by molar-refractivity contribution is 7.80. The Kier molecular flexibility index (Phi) is 11.9. The zero-order valence-corrected chi connectivity index (χ0v) is 30.0. The van der Waals surface area contributed by atoms with Crippen molar-refractivity contribution in [2.75, 3.05) is 17.5 Å². The van der Waals surface area contributed by atoms with Crippen LogP contribution in [0.1, 0.15) is 50.8 Å². The number of ether oxygens (including phenoxy) is 4. The van der Waals surface area contributed by atoms with Crippen LogP contribution in [0.15, 0.2) is 61.1 Å². The van der Waals surface area contributed by atoms with E-state index < -0.39 is 54.6 Å². The third kappa shape index (κ3) is 10.2. The second-order valence-electron chi connectivity index (χ2n) is 12.8. The van der Waals surface area contributed by atoms with Crippen molar-refractivity contribution in [1.29, 1.82) is 0 Å². The van der Waals surface area contributed by atoms with Crippen LogP contribution in [0.4, 0.5) is 14.5 Å². The van der Waals surface area contributed by atoms with E-state index in [1.165, 1.54) is 29.0 Å². The van der Waals surface area contributed by atoms with Gasteiger partial charge in [-0.1, -0.05) is 47.5 Å². The summed E-state index contributed by atoms with van der Waals surface area (Å²) in [4.78, 5) is 26.3. The van der Waals surface area contributed by atoms with Crippen molar-refractivity contribution in [3.05, 3.63) is 87.4 Å². The fourth-order valence-electron chi connectivity index (χ4n) is 5.26. The summed E-state index contributed by atoms with van der Waals surface area (Å²) in [6.07, 6.45) is 4.20. The maximum Gasteiger partial charge on any atom is 0.387 e. The Morgan fingerprint density at radius 3 is 2.39 bits per heavy atom. The van der Waals surface area contributed by atoms with Gasteiger partial charge in [0, 0.05) is 34.8 Å². The van der Waals surface area contributed by atoms with Gasteiger partial charge < -0.3 is 33.3 Å². The Hall–Kier alpha value is -4.18. The lowest BCUT2D eigenvalue weighted by Gasteiger charge is -2.27. The summed E-state index contributed by atoms with van der Waals surface area (Å²) in [6, 6.07) is 10.8. The maximum atomic E-state index is 13.7. The molecule has 2 aromatic heterocycles. The van der Waals surface area contributed by atoms with Crippen LogP contribution in [-0.4, -0.2) is 50.6 Å². The van der Waals surface area contributed by atoms with E-state index in [2.05, 4.69) is 4.74 Å². The van der Waals surface area contributed by atoms with E-state index in [1.807, 2.05) is 0 Å². The predicted octanol–water partition coefficient (Wildman–Crippen LogP) is 6.44. The van der Waals surface area contributed by atoms with Crippen molar-refractivity contribution in [2.24, 2.45) is 5.92 Å². The van der Waals surface area contributed by atoms with E-state index in [-0.39, 0.29) is 51.7 Å². The van der Waals surface area contributed by atoms with Crippen LogP contribution in [0.3, 0.4) is 0 Å². The number of anilines is 1. The van der Waals surface area contributed by atoms with Gasteiger partial charge in [0.15, 0.2) is 23.9 Å². The molecular weight excluding hydrogens is 735 g/mol. The van der Waals surface area contributed by atoms with Gasteiger partial charge in [0.25, 0.3) is 0 Å². The van der Waals surface area contributed by atoms with E-state index in [0.29, 0.717) is 21.2 Å². The Labute approximate surface area is 304 Å². The number of hydrogen-bond donors (Lipinski definition) is 0. The molecule has 1 unspecified atom stereocenters. The van der Waals surface area contributed by atoms with Crippen LogP contribution in [0.5, 0.6) is 11.5 Å². The van der Waals surface area contributed by atoms with Crippen molar-refractivity contribution < 1.29 is 50.8 Å². The van der Waals surface area contributed by atoms with Crippen LogP contribution in [0.2, 0.25) is 10.0 Å². The van der Waals surface area contributed by atoms with Crippen LogP contribution in [0.25, 0.3) is 10.9 Å². The number of benzene rings is 2.